The van der Waals surface area contributed by atoms with Crippen LogP contribution in [0.3, 0.4) is 0 Å². The first-order chi connectivity index (χ1) is 6.50. The molecule has 0 radical (unpaired) electrons. The number of aromatic nitrogens is 2. The molecular weight excluding hydrogens is 204 g/mol. The summed E-state index contributed by atoms with van der Waals surface area (Å²) >= 11 is 5.39. The van der Waals surface area contributed by atoms with E-state index in [0.717, 1.165) is 5.52 Å². The number of benzene rings is 1. The Hall–Kier alpha value is -1.10. The van der Waals surface area contributed by atoms with Crippen molar-refractivity contribution in [3.05, 3.63) is 30.0 Å². The van der Waals surface area contributed by atoms with Gasteiger partial charge >= 0.3 is 0 Å². The van der Waals surface area contributed by atoms with Gasteiger partial charge in [-0.05, 0) is 6.07 Å². The van der Waals surface area contributed by atoms with Crippen LogP contribution in [0.15, 0.2) is 24.3 Å². The normalized spacial score (nSPS) is 12.3. The van der Waals surface area contributed by atoms with Gasteiger partial charge in [0.2, 0.25) is 0 Å². The molecule has 1 aromatic carbocycles. The highest BCUT2D eigenvalue weighted by Crippen LogP contribution is 2.28. The molecule has 1 heterocycles. The number of hydrogen-bond acceptors (Lipinski definition) is 3. The zero-order chi connectivity index (χ0) is 10.3. The van der Waals surface area contributed by atoms with Crippen LogP contribution < -0.4 is 0 Å². The third-order valence-corrected chi connectivity index (χ3v) is 2.24. The second kappa shape index (κ2) is 2.95. The van der Waals surface area contributed by atoms with Crippen LogP contribution in [0.4, 0.5) is 0 Å². The summed E-state index contributed by atoms with van der Waals surface area (Å²) < 4.78 is 1.55. The van der Waals surface area contributed by atoms with Crippen LogP contribution in [0.5, 0.6) is 0 Å². The average molecular weight is 213 g/mol. The van der Waals surface area contributed by atoms with Gasteiger partial charge in [0.15, 0.2) is 0 Å². The molecule has 0 saturated heterocycles. The molecule has 5 heteroatoms. The van der Waals surface area contributed by atoms with Gasteiger partial charge in [-0.15, -0.1) is 0 Å². The second-order valence-corrected chi connectivity index (χ2v) is 3.60. The van der Waals surface area contributed by atoms with Crippen LogP contribution in [0.25, 0.3) is 10.9 Å². The Morgan fingerprint density at radius 3 is 2.64 bits per heavy atom. The molecule has 14 heavy (non-hydrogen) atoms. The zero-order valence-corrected chi connectivity index (χ0v) is 8.23. The molecule has 2 aromatic rings. The summed E-state index contributed by atoms with van der Waals surface area (Å²) in [5.74, 6) is 0. The van der Waals surface area contributed by atoms with E-state index in [1.165, 1.54) is 0 Å². The molecule has 0 bridgehead atoms. The van der Waals surface area contributed by atoms with Crippen molar-refractivity contribution in [3.8, 4) is 0 Å². The quantitative estimate of drug-likeness (QED) is 0.546. The summed E-state index contributed by atoms with van der Waals surface area (Å²) in [7, 11) is 1.72. The number of hydrogen-bond donors (Lipinski definition) is 2. The number of fused-ring (bicyclic) bond motifs is 1. The molecule has 0 fully saturated rings. The van der Waals surface area contributed by atoms with Crippen molar-refractivity contribution >= 4 is 22.5 Å². The molecule has 74 valence electrons. The predicted molar refractivity (Wildman–Crippen MR) is 52.7 cm³/mol. The van der Waals surface area contributed by atoms with Gasteiger partial charge in [0, 0.05) is 12.4 Å². The van der Waals surface area contributed by atoms with Crippen LogP contribution in [-0.4, -0.2) is 20.0 Å². The van der Waals surface area contributed by atoms with E-state index in [1.54, 1.807) is 23.9 Å². The van der Waals surface area contributed by atoms with E-state index in [4.69, 9.17) is 11.6 Å². The minimum absolute atomic E-state index is 0.0530. The number of aryl methyl sites for hydroxylation is 1. The van der Waals surface area contributed by atoms with Gasteiger partial charge in [-0.2, -0.15) is 5.10 Å². The summed E-state index contributed by atoms with van der Waals surface area (Å²) in [5, 5.41) is 20.7. The number of para-hydroxylation sites is 1. The Morgan fingerprint density at radius 2 is 2.00 bits per heavy atom. The Kier molecular flexibility index (Phi) is 1.99. The number of halogens is 1. The fraction of sp³-hybridized carbons (Fsp3) is 0.222. The maximum absolute atomic E-state index is 9.25. The molecule has 2 N–H and O–H groups in total. The van der Waals surface area contributed by atoms with E-state index in [1.807, 2.05) is 12.1 Å². The first kappa shape index (κ1) is 9.45. The van der Waals surface area contributed by atoms with E-state index >= 15 is 0 Å². The van der Waals surface area contributed by atoms with Crippen LogP contribution in [0.2, 0.25) is 0 Å². The van der Waals surface area contributed by atoms with Crippen LogP contribution in [-0.2, 0) is 12.3 Å². The van der Waals surface area contributed by atoms with E-state index < -0.39 is 5.25 Å². The Labute approximate surface area is 85.3 Å². The fourth-order valence-electron chi connectivity index (χ4n) is 1.45. The lowest BCUT2D eigenvalue weighted by Crippen LogP contribution is -2.17. The summed E-state index contributed by atoms with van der Waals surface area (Å²) in [4.78, 5) is 0. The molecule has 0 aliphatic rings. The minimum atomic E-state index is -2.42. The molecule has 0 aliphatic carbocycles. The van der Waals surface area contributed by atoms with E-state index in [0.29, 0.717) is 5.39 Å². The molecule has 0 amide bonds. The Balaban J connectivity index is 2.80. The van der Waals surface area contributed by atoms with Gasteiger partial charge in [0.25, 0.3) is 5.25 Å². The molecule has 4 nitrogen and oxygen atoms in total. The highest BCUT2D eigenvalue weighted by molar-refractivity contribution is 6.22. The van der Waals surface area contributed by atoms with E-state index in [9.17, 15) is 10.2 Å². The van der Waals surface area contributed by atoms with Gasteiger partial charge in [0.05, 0.1) is 5.52 Å². The van der Waals surface area contributed by atoms with Gasteiger partial charge in [-0.25, -0.2) is 0 Å². The molecule has 0 aliphatic heterocycles. The highest BCUT2D eigenvalue weighted by atomic mass is 35.5. The topological polar surface area (TPSA) is 58.3 Å². The van der Waals surface area contributed by atoms with Crippen molar-refractivity contribution in [1.29, 1.82) is 0 Å². The van der Waals surface area contributed by atoms with Crippen molar-refractivity contribution in [2.45, 2.75) is 5.25 Å². The van der Waals surface area contributed by atoms with Crippen molar-refractivity contribution in [3.63, 3.8) is 0 Å². The SMILES string of the molecule is Cn1nc(C(O)(O)Cl)c2ccccc21. The third-order valence-electron chi connectivity index (χ3n) is 2.06. The predicted octanol–water partition coefficient (Wildman–Crippen LogP) is 0.907. The van der Waals surface area contributed by atoms with Crippen LogP contribution >= 0.6 is 11.6 Å². The van der Waals surface area contributed by atoms with Gasteiger partial charge in [0.1, 0.15) is 5.69 Å². The largest absolute Gasteiger partial charge is 0.348 e. The van der Waals surface area contributed by atoms with Crippen LogP contribution in [0, 0.1) is 0 Å². The van der Waals surface area contributed by atoms with Gasteiger partial charge in [-0.1, -0.05) is 29.8 Å². The van der Waals surface area contributed by atoms with Crippen molar-refractivity contribution < 1.29 is 10.2 Å². The Bertz CT molecular complexity index is 473. The van der Waals surface area contributed by atoms with E-state index in [-0.39, 0.29) is 5.69 Å². The summed E-state index contributed by atoms with van der Waals surface area (Å²) in [6.07, 6.45) is 0. The second-order valence-electron chi connectivity index (χ2n) is 3.08. The fourth-order valence-corrected chi connectivity index (χ4v) is 1.59. The lowest BCUT2D eigenvalue weighted by Gasteiger charge is -2.09. The molecule has 0 spiro atoms. The van der Waals surface area contributed by atoms with Crippen LogP contribution in [0.1, 0.15) is 5.69 Å². The summed E-state index contributed by atoms with van der Waals surface area (Å²) in [5.41, 5.74) is 0.855. The number of rotatable bonds is 1. The molecule has 0 unspecified atom stereocenters. The zero-order valence-electron chi connectivity index (χ0n) is 7.48. The maximum Gasteiger partial charge on any atom is 0.291 e. The number of aliphatic hydroxyl groups is 2. The average Bonchev–Trinajstić information content (AvgIpc) is 2.44. The summed E-state index contributed by atoms with van der Waals surface area (Å²) in [6.45, 7) is 0. The molecule has 0 atom stereocenters. The highest BCUT2D eigenvalue weighted by Gasteiger charge is 2.28. The molecule has 0 saturated carbocycles. The standard InChI is InChI=1S/C9H9ClN2O2/c1-12-7-5-3-2-4-6(7)8(11-12)9(10,13)14/h2-5,13-14H,1H3. The Morgan fingerprint density at radius 1 is 1.36 bits per heavy atom. The summed E-state index contributed by atoms with van der Waals surface area (Å²) in [6, 6.07) is 7.20. The monoisotopic (exact) mass is 212 g/mol. The number of alkyl halides is 1. The van der Waals surface area contributed by atoms with Gasteiger partial charge < -0.3 is 10.2 Å². The smallest absolute Gasteiger partial charge is 0.291 e. The maximum atomic E-state index is 9.25. The molecule has 1 aromatic heterocycles. The van der Waals surface area contributed by atoms with Gasteiger partial charge in [-0.3, -0.25) is 4.68 Å². The van der Waals surface area contributed by atoms with Crippen molar-refractivity contribution in [1.82, 2.24) is 9.78 Å². The molecular formula is C9H9ClN2O2. The van der Waals surface area contributed by atoms with Crippen molar-refractivity contribution in [2.75, 3.05) is 0 Å². The van der Waals surface area contributed by atoms with Crippen molar-refractivity contribution in [2.24, 2.45) is 7.05 Å². The third kappa shape index (κ3) is 1.37. The lowest BCUT2D eigenvalue weighted by molar-refractivity contribution is -0.0927. The molecule has 2 rings (SSSR count). The lowest BCUT2D eigenvalue weighted by atomic mass is 10.2. The first-order valence-corrected chi connectivity index (χ1v) is 4.44. The minimum Gasteiger partial charge on any atom is -0.348 e. The first-order valence-electron chi connectivity index (χ1n) is 4.06. The van der Waals surface area contributed by atoms with E-state index in [2.05, 4.69) is 5.10 Å². The number of nitrogens with zero attached hydrogens (tertiary/aromatic N) is 2.